The molecule has 2 amide bonds. The zero-order valence-electron chi connectivity index (χ0n) is 14.6. The summed E-state index contributed by atoms with van der Waals surface area (Å²) in [5.74, 6) is 0.401. The first-order valence-corrected chi connectivity index (χ1v) is 7.91. The molecule has 1 aromatic heterocycles. The van der Waals surface area contributed by atoms with Gasteiger partial charge in [0.15, 0.2) is 5.82 Å². The number of hydrogen-bond donors (Lipinski definition) is 3. The number of aliphatic hydroxyl groups excluding tert-OH is 1. The highest BCUT2D eigenvalue weighted by atomic mass is 16.3. The predicted octanol–water partition coefficient (Wildman–Crippen LogP) is 1.83. The van der Waals surface area contributed by atoms with Crippen molar-refractivity contribution in [2.75, 3.05) is 23.5 Å². The van der Waals surface area contributed by atoms with Gasteiger partial charge in [-0.1, -0.05) is 17.7 Å². The fourth-order valence-electron chi connectivity index (χ4n) is 2.52. The topological polar surface area (TPSA) is 106 Å². The Hall–Kier alpha value is -3.05. The van der Waals surface area contributed by atoms with Gasteiger partial charge in [0.2, 0.25) is 0 Å². The lowest BCUT2D eigenvalue weighted by Gasteiger charge is -2.25. The number of carbonyl (C=O) groups excluding carboxylic acids is 1. The van der Waals surface area contributed by atoms with Crippen molar-refractivity contribution in [2.45, 2.75) is 20.3 Å². The third kappa shape index (κ3) is 4.28. The van der Waals surface area contributed by atoms with Crippen LogP contribution in [0.2, 0.25) is 0 Å². The summed E-state index contributed by atoms with van der Waals surface area (Å²) in [6, 6.07) is 7.44. The number of aromatic nitrogens is 2. The van der Waals surface area contributed by atoms with E-state index >= 15 is 0 Å². The maximum atomic E-state index is 12.7. The summed E-state index contributed by atoms with van der Waals surface area (Å²) in [6.07, 6.45) is 1.87. The maximum absolute atomic E-state index is 12.7. The molecule has 2 aromatic rings. The van der Waals surface area contributed by atoms with E-state index in [0.29, 0.717) is 24.3 Å². The van der Waals surface area contributed by atoms with E-state index in [9.17, 15) is 4.79 Å². The Morgan fingerprint density at radius 2 is 2.20 bits per heavy atom. The number of anilines is 2. The summed E-state index contributed by atoms with van der Waals surface area (Å²) in [5.41, 5.74) is 8.51. The highest BCUT2D eigenvalue weighted by Gasteiger charge is 2.18. The minimum atomic E-state index is -0.384. The van der Waals surface area contributed by atoms with Crippen LogP contribution in [-0.4, -0.2) is 34.1 Å². The van der Waals surface area contributed by atoms with Gasteiger partial charge < -0.3 is 5.11 Å². The second kappa shape index (κ2) is 8.17. The number of urea groups is 1. The molecule has 25 heavy (non-hydrogen) atoms. The quantitative estimate of drug-likeness (QED) is 0.695. The molecule has 0 radical (unpaired) electrons. The van der Waals surface area contributed by atoms with Gasteiger partial charge >= 0.3 is 6.03 Å². The molecule has 8 nitrogen and oxygen atoms in total. The van der Waals surface area contributed by atoms with Crippen LogP contribution >= 0.6 is 0 Å². The number of benzene rings is 1. The molecule has 132 valence electrons. The Morgan fingerprint density at radius 3 is 2.84 bits per heavy atom. The molecular weight excluding hydrogens is 320 g/mol. The van der Waals surface area contributed by atoms with E-state index in [4.69, 9.17) is 10.4 Å². The average molecular weight is 342 g/mol. The number of nitriles is 1. The van der Waals surface area contributed by atoms with E-state index in [-0.39, 0.29) is 12.6 Å². The minimum Gasteiger partial charge on any atom is -0.396 e. The number of carbonyl (C=O) groups is 1. The second-order valence-corrected chi connectivity index (χ2v) is 5.72. The fraction of sp³-hybridized carbons (Fsp3) is 0.353. The van der Waals surface area contributed by atoms with Crippen molar-refractivity contribution in [2.24, 2.45) is 7.05 Å². The molecule has 8 heteroatoms. The maximum Gasteiger partial charge on any atom is 0.340 e. The summed E-state index contributed by atoms with van der Waals surface area (Å²) in [7, 11) is 1.67. The average Bonchev–Trinajstić information content (AvgIpc) is 2.94. The van der Waals surface area contributed by atoms with Crippen molar-refractivity contribution in [1.82, 2.24) is 15.2 Å². The summed E-state index contributed by atoms with van der Waals surface area (Å²) in [6.45, 7) is 4.28. The van der Waals surface area contributed by atoms with Crippen LogP contribution in [-0.2, 0) is 7.05 Å². The predicted molar refractivity (Wildman–Crippen MR) is 95.0 cm³/mol. The highest BCUT2D eigenvalue weighted by molar-refractivity contribution is 5.93. The zero-order valence-corrected chi connectivity index (χ0v) is 14.6. The molecule has 0 aliphatic carbocycles. The molecule has 0 saturated heterocycles. The number of aryl methyl sites for hydroxylation is 3. The lowest BCUT2D eigenvalue weighted by atomic mass is 10.1. The van der Waals surface area contributed by atoms with Crippen LogP contribution < -0.4 is 15.8 Å². The minimum absolute atomic E-state index is 0.0115. The molecule has 0 unspecified atom stereocenters. The van der Waals surface area contributed by atoms with Gasteiger partial charge in [-0.15, -0.1) is 0 Å². The standard InChI is InChI=1S/C17H22N6O2/c1-12-5-6-15(13(2)9-12)23(7-4-8-24)17(25)21-20-16-14(10-18)11-19-22(16)3/h5-6,9,11,20,24H,4,7-8H2,1-3H3,(H,21,25). The number of aliphatic hydroxyl groups is 1. The Labute approximate surface area is 146 Å². The molecule has 1 aromatic carbocycles. The van der Waals surface area contributed by atoms with Crippen LogP contribution in [0.1, 0.15) is 23.1 Å². The summed E-state index contributed by atoms with van der Waals surface area (Å²) >= 11 is 0. The third-order valence-electron chi connectivity index (χ3n) is 3.78. The molecule has 0 spiro atoms. The molecule has 2 rings (SSSR count). The van der Waals surface area contributed by atoms with Gasteiger partial charge in [0.25, 0.3) is 0 Å². The number of nitrogens with one attached hydrogen (secondary N) is 2. The van der Waals surface area contributed by atoms with Crippen LogP contribution in [0.4, 0.5) is 16.3 Å². The molecule has 1 heterocycles. The largest absolute Gasteiger partial charge is 0.396 e. The van der Waals surface area contributed by atoms with Crippen molar-refractivity contribution in [3.8, 4) is 6.07 Å². The van der Waals surface area contributed by atoms with Crippen molar-refractivity contribution in [1.29, 1.82) is 5.26 Å². The smallest absolute Gasteiger partial charge is 0.340 e. The Bertz CT molecular complexity index is 793. The van der Waals surface area contributed by atoms with E-state index in [2.05, 4.69) is 16.0 Å². The lowest BCUT2D eigenvalue weighted by Crippen LogP contribution is -2.44. The highest BCUT2D eigenvalue weighted by Crippen LogP contribution is 2.22. The van der Waals surface area contributed by atoms with Crippen LogP contribution in [0.5, 0.6) is 0 Å². The van der Waals surface area contributed by atoms with E-state index < -0.39 is 0 Å². The number of rotatable bonds is 6. The van der Waals surface area contributed by atoms with Crippen LogP contribution in [0, 0.1) is 25.2 Å². The van der Waals surface area contributed by atoms with Crippen molar-refractivity contribution in [3.05, 3.63) is 41.1 Å². The van der Waals surface area contributed by atoms with Gasteiger partial charge in [0, 0.05) is 25.9 Å². The van der Waals surface area contributed by atoms with Gasteiger partial charge in [0.05, 0.1) is 6.20 Å². The molecule has 0 aliphatic rings. The van der Waals surface area contributed by atoms with E-state index in [1.807, 2.05) is 38.1 Å². The summed E-state index contributed by atoms with van der Waals surface area (Å²) in [5, 5.41) is 22.2. The first-order chi connectivity index (χ1) is 12.0. The SMILES string of the molecule is Cc1ccc(N(CCCO)C(=O)NNc2c(C#N)cnn2C)c(C)c1. The summed E-state index contributed by atoms with van der Waals surface area (Å²) < 4.78 is 1.47. The van der Waals surface area contributed by atoms with Gasteiger partial charge in [-0.25, -0.2) is 10.2 Å². The van der Waals surface area contributed by atoms with E-state index in [1.54, 1.807) is 11.9 Å². The number of amides is 2. The van der Waals surface area contributed by atoms with E-state index in [1.165, 1.54) is 10.9 Å². The third-order valence-corrected chi connectivity index (χ3v) is 3.78. The Morgan fingerprint density at radius 1 is 1.44 bits per heavy atom. The first kappa shape index (κ1) is 18.3. The number of hydrazine groups is 1. The molecule has 0 bridgehead atoms. The van der Waals surface area contributed by atoms with Gasteiger partial charge in [-0.05, 0) is 31.9 Å². The van der Waals surface area contributed by atoms with Crippen molar-refractivity contribution in [3.63, 3.8) is 0 Å². The molecule has 0 saturated carbocycles. The van der Waals surface area contributed by atoms with Crippen molar-refractivity contribution >= 4 is 17.5 Å². The second-order valence-electron chi connectivity index (χ2n) is 5.72. The normalized spacial score (nSPS) is 10.2. The van der Waals surface area contributed by atoms with Gasteiger partial charge in [-0.2, -0.15) is 10.4 Å². The Balaban J connectivity index is 2.18. The molecule has 0 fully saturated rings. The van der Waals surface area contributed by atoms with Crippen LogP contribution in [0.15, 0.2) is 24.4 Å². The van der Waals surface area contributed by atoms with Crippen LogP contribution in [0.25, 0.3) is 0 Å². The molecule has 0 aliphatic heterocycles. The molecule has 0 atom stereocenters. The number of hydrogen-bond acceptors (Lipinski definition) is 5. The van der Waals surface area contributed by atoms with Crippen LogP contribution in [0.3, 0.4) is 0 Å². The zero-order chi connectivity index (χ0) is 18.4. The monoisotopic (exact) mass is 342 g/mol. The fourth-order valence-corrected chi connectivity index (χ4v) is 2.52. The molecular formula is C17H22N6O2. The van der Waals surface area contributed by atoms with E-state index in [0.717, 1.165) is 16.8 Å². The molecule has 3 N–H and O–H groups in total. The first-order valence-electron chi connectivity index (χ1n) is 7.91. The Kier molecular flexibility index (Phi) is 5.98. The number of nitrogens with zero attached hydrogens (tertiary/aromatic N) is 4. The summed E-state index contributed by atoms with van der Waals surface area (Å²) in [4.78, 5) is 14.2. The van der Waals surface area contributed by atoms with Gasteiger partial charge in [0.1, 0.15) is 11.6 Å². The lowest BCUT2D eigenvalue weighted by molar-refractivity contribution is 0.246. The van der Waals surface area contributed by atoms with Crippen molar-refractivity contribution < 1.29 is 9.90 Å². The van der Waals surface area contributed by atoms with Gasteiger partial charge in [-0.3, -0.25) is 15.0 Å².